The molecule has 1 aliphatic carbocycles. The predicted octanol–water partition coefficient (Wildman–Crippen LogP) is 8.23. The molecule has 1 atom stereocenters. The second-order valence-electron chi connectivity index (χ2n) is 12.8. The van der Waals surface area contributed by atoms with E-state index in [1.165, 1.54) is 11.1 Å². The van der Waals surface area contributed by atoms with E-state index in [9.17, 15) is 14.4 Å². The molecule has 4 aromatic rings. The van der Waals surface area contributed by atoms with E-state index < -0.39 is 29.7 Å². The van der Waals surface area contributed by atoms with Gasteiger partial charge in [-0.05, 0) is 111 Å². The fraction of sp³-hybridized carbons (Fsp3) is 0.289. The summed E-state index contributed by atoms with van der Waals surface area (Å²) < 4.78 is 11.0. The van der Waals surface area contributed by atoms with Gasteiger partial charge in [-0.1, -0.05) is 48.5 Å². The molecule has 3 amide bonds. The Morgan fingerprint density at radius 3 is 1.94 bits per heavy atom. The minimum atomic E-state index is -0.866. The molecule has 0 radical (unpaired) electrons. The minimum absolute atomic E-state index is 0.0217. The number of carbonyl (C=O) groups is 3. The molecule has 5 N–H and O–H groups in total. The molecule has 0 fully saturated rings. The van der Waals surface area contributed by atoms with E-state index in [1.54, 1.807) is 69.3 Å². The van der Waals surface area contributed by atoms with Crippen LogP contribution < -0.4 is 21.7 Å². The Bertz CT molecular complexity index is 1740. The second-order valence-corrected chi connectivity index (χ2v) is 12.8. The summed E-state index contributed by atoms with van der Waals surface area (Å²) in [5, 5.41) is 16.7. The number of anilines is 2. The molecule has 254 valence electrons. The summed E-state index contributed by atoms with van der Waals surface area (Å²) in [4.78, 5) is 38.4. The highest BCUT2D eigenvalue weighted by Crippen LogP contribution is 2.44. The highest BCUT2D eigenvalue weighted by Gasteiger charge is 2.29. The molecule has 0 unspecified atom stereocenters. The molecule has 4 aromatic carbocycles. The van der Waals surface area contributed by atoms with Gasteiger partial charge in [0.05, 0.1) is 11.4 Å². The van der Waals surface area contributed by atoms with Crippen LogP contribution in [0.25, 0.3) is 11.1 Å². The largest absolute Gasteiger partial charge is 0.449 e. The lowest BCUT2D eigenvalue weighted by atomic mass is 9.98. The van der Waals surface area contributed by atoms with Crippen molar-refractivity contribution in [1.29, 1.82) is 0 Å². The number of azo groups is 1. The van der Waals surface area contributed by atoms with Crippen molar-refractivity contribution in [1.82, 2.24) is 10.6 Å². The fourth-order valence-electron chi connectivity index (χ4n) is 5.53. The number of nitrogens with two attached hydrogens (primary N) is 1. The van der Waals surface area contributed by atoms with Gasteiger partial charge in [0.25, 0.3) is 0 Å². The van der Waals surface area contributed by atoms with Gasteiger partial charge in [-0.25, -0.2) is 9.59 Å². The van der Waals surface area contributed by atoms with Gasteiger partial charge in [0.2, 0.25) is 5.91 Å². The monoisotopic (exact) mass is 662 g/mol. The van der Waals surface area contributed by atoms with Crippen molar-refractivity contribution in [3.8, 4) is 11.1 Å². The molecular weight excluding hydrogens is 620 g/mol. The maximum absolute atomic E-state index is 13.3. The fourth-order valence-corrected chi connectivity index (χ4v) is 5.53. The van der Waals surface area contributed by atoms with Gasteiger partial charge >= 0.3 is 12.2 Å². The number of rotatable bonds is 12. The van der Waals surface area contributed by atoms with E-state index in [-0.39, 0.29) is 12.5 Å². The zero-order chi connectivity index (χ0) is 34.8. The van der Waals surface area contributed by atoms with Crippen LogP contribution in [0, 0.1) is 0 Å². The van der Waals surface area contributed by atoms with Crippen LogP contribution in [-0.4, -0.2) is 42.9 Å². The number of unbranched alkanes of at least 4 members (excludes halogenated alkanes) is 1. The Kier molecular flexibility index (Phi) is 11.3. The average molecular weight is 663 g/mol. The molecule has 11 nitrogen and oxygen atoms in total. The van der Waals surface area contributed by atoms with Crippen molar-refractivity contribution in [2.75, 3.05) is 24.2 Å². The Labute approximate surface area is 286 Å². The third-order valence-corrected chi connectivity index (χ3v) is 7.85. The van der Waals surface area contributed by atoms with Gasteiger partial charge in [0, 0.05) is 23.8 Å². The normalized spacial score (nSPS) is 12.9. The number of alkyl carbamates (subject to hydrolysis) is 2. The summed E-state index contributed by atoms with van der Waals surface area (Å²) in [6.07, 6.45) is 0.243. The summed E-state index contributed by atoms with van der Waals surface area (Å²) in [5.74, 6) is -0.418. The van der Waals surface area contributed by atoms with E-state index in [2.05, 4.69) is 50.4 Å². The molecule has 0 bridgehead atoms. The van der Waals surface area contributed by atoms with Gasteiger partial charge in [0.15, 0.2) is 0 Å². The van der Waals surface area contributed by atoms with Crippen molar-refractivity contribution in [2.45, 2.75) is 57.6 Å². The molecule has 0 spiro atoms. The van der Waals surface area contributed by atoms with Gasteiger partial charge < -0.3 is 31.2 Å². The number of carbonyl (C=O) groups excluding carboxylic acids is 3. The Balaban J connectivity index is 1.10. The van der Waals surface area contributed by atoms with Gasteiger partial charge in [-0.3, -0.25) is 4.79 Å². The van der Waals surface area contributed by atoms with Crippen LogP contribution in [0.1, 0.15) is 57.1 Å². The zero-order valence-electron chi connectivity index (χ0n) is 27.9. The van der Waals surface area contributed by atoms with Crippen LogP contribution in [-0.2, 0) is 14.3 Å². The number of amides is 3. The molecule has 49 heavy (non-hydrogen) atoms. The Morgan fingerprint density at radius 2 is 1.35 bits per heavy atom. The van der Waals surface area contributed by atoms with Gasteiger partial charge in [-0.2, -0.15) is 10.2 Å². The topological polar surface area (TPSA) is 157 Å². The van der Waals surface area contributed by atoms with Gasteiger partial charge in [-0.15, -0.1) is 0 Å². The molecule has 0 aromatic heterocycles. The number of ether oxygens (including phenoxy) is 2. The number of hydrogen-bond acceptors (Lipinski definition) is 8. The van der Waals surface area contributed by atoms with E-state index in [0.29, 0.717) is 48.6 Å². The first kappa shape index (κ1) is 34.6. The first-order chi connectivity index (χ1) is 23.6. The van der Waals surface area contributed by atoms with Crippen molar-refractivity contribution in [2.24, 2.45) is 10.2 Å². The smallest absolute Gasteiger partial charge is 0.408 e. The SMILES string of the molecule is CC(C)(C)OC(=O)N[C@@H](CCCCNC(=O)OCC1c2ccccc2-c2ccccc21)C(=O)Nc1ccc(N=Nc2ccc(N)cc2)cc1. The lowest BCUT2D eigenvalue weighted by molar-refractivity contribution is -0.118. The summed E-state index contributed by atoms with van der Waals surface area (Å²) >= 11 is 0. The number of nitrogens with zero attached hydrogens (tertiary/aromatic N) is 2. The van der Waals surface area contributed by atoms with Crippen LogP contribution in [0.4, 0.5) is 32.3 Å². The van der Waals surface area contributed by atoms with E-state index >= 15 is 0 Å². The predicted molar refractivity (Wildman–Crippen MR) is 190 cm³/mol. The average Bonchev–Trinajstić information content (AvgIpc) is 3.39. The lowest BCUT2D eigenvalue weighted by Gasteiger charge is -2.23. The molecule has 0 saturated carbocycles. The highest BCUT2D eigenvalue weighted by atomic mass is 16.6. The van der Waals surface area contributed by atoms with Crippen molar-refractivity contribution in [3.63, 3.8) is 0 Å². The van der Waals surface area contributed by atoms with Crippen molar-refractivity contribution in [3.05, 3.63) is 108 Å². The number of nitrogen functional groups attached to an aromatic ring is 1. The summed E-state index contributed by atoms with van der Waals surface area (Å²) in [6, 6.07) is 29.4. The molecule has 1 aliphatic rings. The number of benzene rings is 4. The summed E-state index contributed by atoms with van der Waals surface area (Å²) in [6.45, 7) is 5.84. The summed E-state index contributed by atoms with van der Waals surface area (Å²) in [7, 11) is 0. The lowest BCUT2D eigenvalue weighted by Crippen LogP contribution is -2.45. The first-order valence-corrected chi connectivity index (χ1v) is 16.3. The second kappa shape index (κ2) is 15.9. The van der Waals surface area contributed by atoms with Crippen LogP contribution in [0.2, 0.25) is 0 Å². The maximum Gasteiger partial charge on any atom is 0.408 e. The third kappa shape index (κ3) is 9.90. The van der Waals surface area contributed by atoms with Crippen molar-refractivity contribution < 1.29 is 23.9 Å². The Morgan fingerprint density at radius 1 is 0.776 bits per heavy atom. The molecule has 5 rings (SSSR count). The van der Waals surface area contributed by atoms with Crippen LogP contribution in [0.3, 0.4) is 0 Å². The van der Waals surface area contributed by atoms with Crippen LogP contribution in [0.15, 0.2) is 107 Å². The molecule has 11 heteroatoms. The first-order valence-electron chi connectivity index (χ1n) is 16.3. The number of hydrogen-bond donors (Lipinski definition) is 4. The number of fused-ring (bicyclic) bond motifs is 3. The minimum Gasteiger partial charge on any atom is -0.449 e. The maximum atomic E-state index is 13.3. The quantitative estimate of drug-likeness (QED) is 0.0680. The molecular formula is C38H42N6O5. The van der Waals surface area contributed by atoms with Crippen LogP contribution >= 0.6 is 0 Å². The standard InChI is InChI=1S/C38H42N6O5/c1-38(2,3)49-37(47)42-34(35(45)41-26-19-21-28(22-20-26)44-43-27-17-15-25(39)16-18-27)14-8-9-23-40-36(46)48-24-33-31-12-6-4-10-29(31)30-11-5-7-13-32(30)33/h4-7,10-13,15-22,33-34H,8-9,14,23-24,39H2,1-3H3,(H,40,46)(H,41,45)(H,42,47)/t34-/m0/s1. The van der Waals surface area contributed by atoms with E-state index in [1.807, 2.05) is 24.3 Å². The summed E-state index contributed by atoms with van der Waals surface area (Å²) in [5.41, 5.74) is 12.0. The highest BCUT2D eigenvalue weighted by molar-refractivity contribution is 5.96. The Hall–Kier alpha value is -5.71. The molecule has 0 aliphatic heterocycles. The third-order valence-electron chi connectivity index (χ3n) is 7.85. The zero-order valence-corrected chi connectivity index (χ0v) is 27.9. The van der Waals surface area contributed by atoms with Crippen LogP contribution in [0.5, 0.6) is 0 Å². The van der Waals surface area contributed by atoms with E-state index in [4.69, 9.17) is 15.2 Å². The number of nitrogens with one attached hydrogen (secondary N) is 3. The molecule has 0 saturated heterocycles. The molecule has 0 heterocycles. The van der Waals surface area contributed by atoms with E-state index in [0.717, 1.165) is 11.1 Å². The van der Waals surface area contributed by atoms with Gasteiger partial charge in [0.1, 0.15) is 18.2 Å². The van der Waals surface area contributed by atoms with Crippen molar-refractivity contribution >= 4 is 40.8 Å².